The lowest BCUT2D eigenvalue weighted by Gasteiger charge is -2.22. The van der Waals surface area contributed by atoms with Gasteiger partial charge >= 0.3 is 6.09 Å². The Morgan fingerprint density at radius 3 is 2.63 bits per heavy atom. The van der Waals surface area contributed by atoms with Crippen molar-refractivity contribution in [1.82, 2.24) is 15.1 Å². The van der Waals surface area contributed by atoms with Crippen LogP contribution in [-0.4, -0.2) is 34.6 Å². The van der Waals surface area contributed by atoms with Gasteiger partial charge in [0, 0.05) is 31.7 Å². The molecule has 6 nitrogen and oxygen atoms in total. The predicted molar refractivity (Wildman–Crippen MR) is 74.0 cm³/mol. The van der Waals surface area contributed by atoms with Crippen LogP contribution in [0.3, 0.4) is 0 Å². The van der Waals surface area contributed by atoms with E-state index >= 15 is 0 Å². The van der Waals surface area contributed by atoms with Crippen molar-refractivity contribution in [2.45, 2.75) is 39.2 Å². The maximum Gasteiger partial charge on any atom is 0.407 e. The fourth-order valence-electron chi connectivity index (χ4n) is 1.96. The number of nitrogens with two attached hydrogens (primary N) is 1. The number of aromatic nitrogens is 2. The van der Waals surface area contributed by atoms with Gasteiger partial charge in [0.15, 0.2) is 0 Å². The molecule has 6 heteroatoms. The Kier molecular flexibility index (Phi) is 4.94. The number of ether oxygens (including phenoxy) is 1. The maximum absolute atomic E-state index is 11.6. The van der Waals surface area contributed by atoms with Gasteiger partial charge in [-0.05, 0) is 33.3 Å². The summed E-state index contributed by atoms with van der Waals surface area (Å²) in [7, 11) is 1.87. The molecule has 1 amide bonds. The molecular weight excluding hydrogens is 244 g/mol. The largest absolute Gasteiger partial charge is 0.444 e. The molecule has 1 unspecified atom stereocenters. The Bertz CT molecular complexity index is 415. The zero-order valence-electron chi connectivity index (χ0n) is 12.4. The molecule has 0 aliphatic heterocycles. The van der Waals surface area contributed by atoms with Crippen molar-refractivity contribution in [3.05, 3.63) is 17.5 Å². The van der Waals surface area contributed by atoms with Gasteiger partial charge in [0.05, 0.1) is 6.20 Å². The fraction of sp³-hybridized carbons (Fsp3) is 0.692. The minimum absolute atomic E-state index is 0.0278. The van der Waals surface area contributed by atoms with E-state index in [-0.39, 0.29) is 5.92 Å². The molecule has 1 heterocycles. The molecule has 0 aromatic carbocycles. The number of nitrogens with zero attached hydrogens (tertiary/aromatic N) is 2. The lowest BCUT2D eigenvalue weighted by Crippen LogP contribution is -2.36. The van der Waals surface area contributed by atoms with Gasteiger partial charge in [-0.15, -0.1) is 0 Å². The molecule has 108 valence electrons. The van der Waals surface area contributed by atoms with Gasteiger partial charge in [-0.1, -0.05) is 0 Å². The van der Waals surface area contributed by atoms with Crippen LogP contribution in [0.15, 0.2) is 6.20 Å². The number of hydrogen-bond donors (Lipinski definition) is 2. The van der Waals surface area contributed by atoms with E-state index in [2.05, 4.69) is 10.4 Å². The summed E-state index contributed by atoms with van der Waals surface area (Å²) in [5.74, 6) is 0.0278. The summed E-state index contributed by atoms with van der Waals surface area (Å²) in [4.78, 5) is 11.6. The normalized spacial score (nSPS) is 13.2. The quantitative estimate of drug-likeness (QED) is 0.862. The van der Waals surface area contributed by atoms with Gasteiger partial charge in [0.2, 0.25) is 0 Å². The van der Waals surface area contributed by atoms with Crippen LogP contribution in [-0.2, 0) is 11.8 Å². The van der Waals surface area contributed by atoms with Crippen LogP contribution in [0.2, 0.25) is 0 Å². The Balaban J connectivity index is 2.62. The number of carbonyl (C=O) groups excluding carboxylic acids is 1. The summed E-state index contributed by atoms with van der Waals surface area (Å²) in [6, 6.07) is 0. The predicted octanol–water partition coefficient (Wildman–Crippen LogP) is 1.30. The number of hydrogen-bond acceptors (Lipinski definition) is 4. The molecule has 19 heavy (non-hydrogen) atoms. The molecule has 0 saturated carbocycles. The third kappa shape index (κ3) is 4.55. The zero-order valence-corrected chi connectivity index (χ0v) is 12.4. The highest BCUT2D eigenvalue weighted by molar-refractivity contribution is 5.67. The van der Waals surface area contributed by atoms with E-state index in [0.717, 1.165) is 11.3 Å². The van der Waals surface area contributed by atoms with Gasteiger partial charge < -0.3 is 15.8 Å². The zero-order chi connectivity index (χ0) is 14.6. The molecule has 1 aromatic heterocycles. The van der Waals surface area contributed by atoms with Gasteiger partial charge in [0.25, 0.3) is 0 Å². The molecule has 0 aliphatic carbocycles. The van der Waals surface area contributed by atoms with Crippen LogP contribution in [0.5, 0.6) is 0 Å². The minimum Gasteiger partial charge on any atom is -0.444 e. The summed E-state index contributed by atoms with van der Waals surface area (Å²) in [5.41, 5.74) is 7.40. The van der Waals surface area contributed by atoms with E-state index in [4.69, 9.17) is 10.5 Å². The van der Waals surface area contributed by atoms with E-state index in [1.54, 1.807) is 10.9 Å². The lowest BCUT2D eigenvalue weighted by atomic mass is 10.0. The number of amides is 1. The van der Waals surface area contributed by atoms with Crippen molar-refractivity contribution >= 4 is 6.09 Å². The molecule has 1 aromatic rings. The summed E-state index contributed by atoms with van der Waals surface area (Å²) in [6.07, 6.45) is 1.37. The van der Waals surface area contributed by atoms with Gasteiger partial charge in [-0.2, -0.15) is 5.10 Å². The van der Waals surface area contributed by atoms with E-state index in [0.29, 0.717) is 13.1 Å². The highest BCUT2D eigenvalue weighted by Crippen LogP contribution is 2.17. The first-order valence-electron chi connectivity index (χ1n) is 6.40. The van der Waals surface area contributed by atoms with Crippen molar-refractivity contribution in [1.29, 1.82) is 0 Å². The van der Waals surface area contributed by atoms with E-state index in [1.807, 2.05) is 34.7 Å². The molecule has 0 radical (unpaired) electrons. The van der Waals surface area contributed by atoms with Crippen molar-refractivity contribution in [3.63, 3.8) is 0 Å². The first-order chi connectivity index (χ1) is 8.74. The SMILES string of the molecule is Cc1cnn(C)c1C(CN)CNC(=O)OC(C)(C)C. The molecule has 0 saturated heterocycles. The minimum atomic E-state index is -0.495. The first-order valence-corrected chi connectivity index (χ1v) is 6.40. The van der Waals surface area contributed by atoms with Crippen molar-refractivity contribution in [3.8, 4) is 0 Å². The number of rotatable bonds is 4. The number of carbonyl (C=O) groups is 1. The van der Waals surface area contributed by atoms with Gasteiger partial charge in [-0.3, -0.25) is 4.68 Å². The average molecular weight is 268 g/mol. The Morgan fingerprint density at radius 2 is 2.21 bits per heavy atom. The standard InChI is InChI=1S/C13H24N4O2/c1-9-7-16-17(5)11(9)10(6-14)8-15-12(18)19-13(2,3)4/h7,10H,6,8,14H2,1-5H3,(H,15,18). The fourth-order valence-corrected chi connectivity index (χ4v) is 1.96. The van der Waals surface area contributed by atoms with Gasteiger partial charge in [-0.25, -0.2) is 4.79 Å². The van der Waals surface area contributed by atoms with E-state index < -0.39 is 11.7 Å². The third-order valence-electron chi connectivity index (χ3n) is 2.74. The van der Waals surface area contributed by atoms with E-state index in [9.17, 15) is 4.79 Å². The van der Waals surface area contributed by atoms with Crippen LogP contribution in [0.25, 0.3) is 0 Å². The van der Waals surface area contributed by atoms with Crippen molar-refractivity contribution < 1.29 is 9.53 Å². The second kappa shape index (κ2) is 6.06. The monoisotopic (exact) mass is 268 g/mol. The topological polar surface area (TPSA) is 82.2 Å². The lowest BCUT2D eigenvalue weighted by molar-refractivity contribution is 0.0524. The maximum atomic E-state index is 11.6. The molecule has 1 rings (SSSR count). The smallest absolute Gasteiger partial charge is 0.407 e. The highest BCUT2D eigenvalue weighted by atomic mass is 16.6. The molecule has 0 fully saturated rings. The van der Waals surface area contributed by atoms with Crippen LogP contribution in [0, 0.1) is 6.92 Å². The highest BCUT2D eigenvalue weighted by Gasteiger charge is 2.20. The van der Waals surface area contributed by atoms with Crippen LogP contribution in [0.4, 0.5) is 4.79 Å². The van der Waals surface area contributed by atoms with Gasteiger partial charge in [0.1, 0.15) is 5.60 Å². The summed E-state index contributed by atoms with van der Waals surface area (Å²) in [5, 5.41) is 6.94. The second-order valence-corrected chi connectivity index (χ2v) is 5.65. The molecule has 0 spiro atoms. The molecular formula is C13H24N4O2. The van der Waals surface area contributed by atoms with Crippen LogP contribution in [0.1, 0.15) is 37.9 Å². The number of nitrogens with one attached hydrogen (secondary N) is 1. The second-order valence-electron chi connectivity index (χ2n) is 5.65. The number of alkyl carbamates (subject to hydrolysis) is 1. The number of aryl methyl sites for hydroxylation is 2. The van der Waals surface area contributed by atoms with Crippen LogP contribution >= 0.6 is 0 Å². The van der Waals surface area contributed by atoms with Crippen LogP contribution < -0.4 is 11.1 Å². The first kappa shape index (κ1) is 15.5. The van der Waals surface area contributed by atoms with Crippen molar-refractivity contribution in [2.75, 3.05) is 13.1 Å². The molecule has 0 aliphatic rings. The Morgan fingerprint density at radius 1 is 1.58 bits per heavy atom. The molecule has 3 N–H and O–H groups in total. The third-order valence-corrected chi connectivity index (χ3v) is 2.74. The molecule has 1 atom stereocenters. The summed E-state index contributed by atoms with van der Waals surface area (Å²) >= 11 is 0. The van der Waals surface area contributed by atoms with Crippen molar-refractivity contribution in [2.24, 2.45) is 12.8 Å². The summed E-state index contributed by atoms with van der Waals surface area (Å²) < 4.78 is 6.99. The summed E-state index contributed by atoms with van der Waals surface area (Å²) in [6.45, 7) is 8.36. The van der Waals surface area contributed by atoms with E-state index in [1.165, 1.54) is 0 Å². The average Bonchev–Trinajstić information content (AvgIpc) is 2.59. The Hall–Kier alpha value is -1.56. The molecule has 0 bridgehead atoms. The Labute approximate surface area is 114 Å².